The van der Waals surface area contributed by atoms with Crippen molar-refractivity contribution >= 4 is 35.2 Å². The number of rotatable bonds is 6. The Hall–Kier alpha value is -1.20. The average Bonchev–Trinajstić information content (AvgIpc) is 2.95. The largest absolute Gasteiger partial charge is 0.464 e. The SMILES string of the molecule is CCCOC(=O)C1CSC(CC(C)C)N1C(=O)c1ccccc1Cl. The molecule has 1 aliphatic heterocycles. The van der Waals surface area contributed by atoms with Crippen LogP contribution < -0.4 is 0 Å². The van der Waals surface area contributed by atoms with E-state index in [9.17, 15) is 9.59 Å². The number of esters is 1. The van der Waals surface area contributed by atoms with E-state index < -0.39 is 6.04 Å². The average molecular weight is 370 g/mol. The van der Waals surface area contributed by atoms with Crippen LogP contribution in [0.15, 0.2) is 24.3 Å². The van der Waals surface area contributed by atoms with Gasteiger partial charge in [0.05, 0.1) is 22.6 Å². The number of halogens is 1. The molecule has 0 aromatic heterocycles. The lowest BCUT2D eigenvalue weighted by atomic mass is 10.1. The predicted octanol–water partition coefficient (Wildman–Crippen LogP) is 4.22. The Kier molecular flexibility index (Phi) is 6.99. The molecule has 1 aliphatic rings. The van der Waals surface area contributed by atoms with Gasteiger partial charge in [-0.2, -0.15) is 0 Å². The molecular formula is C18H24ClNO3S. The van der Waals surface area contributed by atoms with E-state index in [2.05, 4.69) is 13.8 Å². The number of amides is 1. The highest BCUT2D eigenvalue weighted by molar-refractivity contribution is 8.00. The third-order valence-electron chi connectivity index (χ3n) is 3.82. The number of hydrogen-bond acceptors (Lipinski definition) is 4. The third kappa shape index (κ3) is 4.45. The molecule has 1 heterocycles. The Morgan fingerprint density at radius 2 is 2.08 bits per heavy atom. The van der Waals surface area contributed by atoms with E-state index in [1.807, 2.05) is 6.92 Å². The van der Waals surface area contributed by atoms with Gasteiger partial charge in [0.1, 0.15) is 6.04 Å². The van der Waals surface area contributed by atoms with Crippen LogP contribution >= 0.6 is 23.4 Å². The maximum absolute atomic E-state index is 13.1. The molecule has 0 spiro atoms. The second kappa shape index (κ2) is 8.77. The zero-order valence-electron chi connectivity index (χ0n) is 14.3. The quantitative estimate of drug-likeness (QED) is 0.704. The molecule has 2 rings (SSSR count). The van der Waals surface area contributed by atoms with Crippen LogP contribution in [0.4, 0.5) is 0 Å². The molecule has 1 amide bonds. The van der Waals surface area contributed by atoms with Crippen molar-refractivity contribution < 1.29 is 14.3 Å². The molecule has 132 valence electrons. The number of carbonyl (C=O) groups is 2. The highest BCUT2D eigenvalue weighted by atomic mass is 35.5. The Labute approximate surface area is 152 Å². The minimum Gasteiger partial charge on any atom is -0.464 e. The van der Waals surface area contributed by atoms with Gasteiger partial charge in [0.2, 0.25) is 0 Å². The van der Waals surface area contributed by atoms with Crippen molar-refractivity contribution in [2.45, 2.75) is 45.0 Å². The summed E-state index contributed by atoms with van der Waals surface area (Å²) in [4.78, 5) is 27.1. The lowest BCUT2D eigenvalue weighted by Crippen LogP contribution is -2.46. The number of hydrogen-bond donors (Lipinski definition) is 0. The van der Waals surface area contributed by atoms with Gasteiger partial charge in [-0.15, -0.1) is 11.8 Å². The maximum atomic E-state index is 13.1. The fourth-order valence-electron chi connectivity index (χ4n) is 2.67. The molecule has 1 fully saturated rings. The van der Waals surface area contributed by atoms with E-state index in [0.717, 1.165) is 12.8 Å². The Balaban J connectivity index is 2.27. The highest BCUT2D eigenvalue weighted by Crippen LogP contribution is 2.36. The summed E-state index contributed by atoms with van der Waals surface area (Å²) in [7, 11) is 0. The number of benzene rings is 1. The van der Waals surface area contributed by atoms with Crippen LogP contribution in [-0.4, -0.2) is 40.6 Å². The summed E-state index contributed by atoms with van der Waals surface area (Å²) in [6, 6.07) is 6.42. The van der Waals surface area contributed by atoms with Gasteiger partial charge in [0.25, 0.3) is 5.91 Å². The van der Waals surface area contributed by atoms with Gasteiger partial charge in [-0.1, -0.05) is 44.5 Å². The highest BCUT2D eigenvalue weighted by Gasteiger charge is 2.43. The summed E-state index contributed by atoms with van der Waals surface area (Å²) in [6.45, 7) is 6.55. The van der Waals surface area contributed by atoms with Crippen LogP contribution in [-0.2, 0) is 9.53 Å². The van der Waals surface area contributed by atoms with E-state index in [0.29, 0.717) is 28.9 Å². The number of carbonyl (C=O) groups excluding carboxylic acids is 2. The summed E-state index contributed by atoms with van der Waals surface area (Å²) < 4.78 is 5.30. The molecule has 2 atom stereocenters. The predicted molar refractivity (Wildman–Crippen MR) is 98.4 cm³/mol. The first-order valence-corrected chi connectivity index (χ1v) is 9.73. The lowest BCUT2D eigenvalue weighted by Gasteiger charge is -2.29. The van der Waals surface area contributed by atoms with Gasteiger partial charge in [-0.25, -0.2) is 4.79 Å². The number of thioether (sulfide) groups is 1. The summed E-state index contributed by atoms with van der Waals surface area (Å²) in [6.07, 6.45) is 1.60. The first-order valence-electron chi connectivity index (χ1n) is 8.31. The monoisotopic (exact) mass is 369 g/mol. The summed E-state index contributed by atoms with van der Waals surface area (Å²) in [5, 5.41) is 0.372. The standard InChI is InChI=1S/C18H24ClNO3S/c1-4-9-23-18(22)15-11-24-16(10-12(2)3)20(15)17(21)13-7-5-6-8-14(13)19/h5-8,12,15-16H,4,9-11H2,1-3H3. The van der Waals surface area contributed by atoms with Crippen molar-refractivity contribution in [3.8, 4) is 0 Å². The van der Waals surface area contributed by atoms with Gasteiger partial charge >= 0.3 is 5.97 Å². The maximum Gasteiger partial charge on any atom is 0.329 e. The topological polar surface area (TPSA) is 46.6 Å². The fourth-order valence-corrected chi connectivity index (χ4v) is 4.52. The van der Waals surface area contributed by atoms with Gasteiger partial charge in [0.15, 0.2) is 0 Å². The zero-order chi connectivity index (χ0) is 17.7. The third-order valence-corrected chi connectivity index (χ3v) is 5.47. The smallest absolute Gasteiger partial charge is 0.329 e. The van der Waals surface area contributed by atoms with E-state index in [4.69, 9.17) is 16.3 Å². The molecule has 1 aromatic carbocycles. The second-order valence-electron chi connectivity index (χ2n) is 6.29. The van der Waals surface area contributed by atoms with Crippen molar-refractivity contribution in [1.82, 2.24) is 4.90 Å². The Morgan fingerprint density at radius 3 is 2.71 bits per heavy atom. The molecule has 1 aromatic rings. The van der Waals surface area contributed by atoms with Crippen LogP contribution in [0.1, 0.15) is 44.0 Å². The molecule has 0 aliphatic carbocycles. The van der Waals surface area contributed by atoms with Crippen molar-refractivity contribution in [1.29, 1.82) is 0 Å². The van der Waals surface area contributed by atoms with Crippen LogP contribution in [0.25, 0.3) is 0 Å². The molecule has 0 N–H and O–H groups in total. The Morgan fingerprint density at radius 1 is 1.38 bits per heavy atom. The zero-order valence-corrected chi connectivity index (χ0v) is 15.9. The molecule has 6 heteroatoms. The van der Waals surface area contributed by atoms with Crippen molar-refractivity contribution in [3.05, 3.63) is 34.9 Å². The van der Waals surface area contributed by atoms with E-state index >= 15 is 0 Å². The van der Waals surface area contributed by atoms with Gasteiger partial charge in [0, 0.05) is 5.75 Å². The van der Waals surface area contributed by atoms with E-state index in [1.165, 1.54) is 0 Å². The van der Waals surface area contributed by atoms with Gasteiger partial charge in [-0.3, -0.25) is 4.79 Å². The molecule has 1 saturated heterocycles. The van der Waals surface area contributed by atoms with Crippen LogP contribution in [0.5, 0.6) is 0 Å². The Bertz CT molecular complexity index is 593. The van der Waals surface area contributed by atoms with Crippen molar-refractivity contribution in [2.24, 2.45) is 5.92 Å². The lowest BCUT2D eigenvalue weighted by molar-refractivity contribution is -0.148. The van der Waals surface area contributed by atoms with Crippen molar-refractivity contribution in [3.63, 3.8) is 0 Å². The molecule has 4 nitrogen and oxygen atoms in total. The molecular weight excluding hydrogens is 346 g/mol. The molecule has 24 heavy (non-hydrogen) atoms. The van der Waals surface area contributed by atoms with Crippen LogP contribution in [0.2, 0.25) is 5.02 Å². The summed E-state index contributed by atoms with van der Waals surface area (Å²) in [5.74, 6) is 0.469. The number of nitrogens with zero attached hydrogens (tertiary/aromatic N) is 1. The molecule has 0 radical (unpaired) electrons. The van der Waals surface area contributed by atoms with Gasteiger partial charge in [-0.05, 0) is 30.9 Å². The minimum atomic E-state index is -0.547. The molecule has 0 bridgehead atoms. The summed E-state index contributed by atoms with van der Waals surface area (Å²) >= 11 is 7.83. The van der Waals surface area contributed by atoms with Crippen molar-refractivity contribution in [2.75, 3.05) is 12.4 Å². The summed E-state index contributed by atoms with van der Waals surface area (Å²) in [5.41, 5.74) is 0.434. The van der Waals surface area contributed by atoms with Crippen LogP contribution in [0.3, 0.4) is 0 Å². The van der Waals surface area contributed by atoms with Crippen LogP contribution in [0, 0.1) is 5.92 Å². The minimum absolute atomic E-state index is 0.0343. The molecule has 0 saturated carbocycles. The van der Waals surface area contributed by atoms with E-state index in [-0.39, 0.29) is 17.3 Å². The van der Waals surface area contributed by atoms with E-state index in [1.54, 1.807) is 40.9 Å². The first kappa shape index (κ1) is 19.1. The normalized spacial score (nSPS) is 20.5. The molecule has 2 unspecified atom stereocenters. The first-order chi connectivity index (χ1) is 11.5. The fraction of sp³-hybridized carbons (Fsp3) is 0.556. The number of ether oxygens (including phenoxy) is 1. The van der Waals surface area contributed by atoms with Gasteiger partial charge < -0.3 is 9.64 Å². The second-order valence-corrected chi connectivity index (χ2v) is 7.91.